The van der Waals surface area contributed by atoms with Crippen LogP contribution in [-0.4, -0.2) is 27.9 Å². The topological polar surface area (TPSA) is 99.0 Å². The van der Waals surface area contributed by atoms with Crippen molar-refractivity contribution >= 4 is 20.0 Å². The van der Waals surface area contributed by atoms with Crippen LogP contribution in [0.3, 0.4) is 0 Å². The summed E-state index contributed by atoms with van der Waals surface area (Å²) in [5.41, 5.74) is -12.4. The van der Waals surface area contributed by atoms with Gasteiger partial charge in [0.2, 0.25) is 0 Å². The molecule has 0 bridgehead atoms. The summed E-state index contributed by atoms with van der Waals surface area (Å²) >= 11 is 0. The molecule has 1 aliphatic heterocycles. The lowest BCUT2D eigenvalue weighted by Crippen LogP contribution is -2.69. The molecule has 2 N–H and O–H groups in total. The van der Waals surface area contributed by atoms with Gasteiger partial charge in [-0.15, -0.1) is 0 Å². The van der Waals surface area contributed by atoms with Gasteiger partial charge in [0, 0.05) is 0 Å². The van der Waals surface area contributed by atoms with Crippen molar-refractivity contribution in [2.24, 2.45) is 0 Å². The fourth-order valence-corrected chi connectivity index (χ4v) is 2.24. The van der Waals surface area contributed by atoms with E-state index in [1.807, 2.05) is 29.9 Å². The highest BCUT2D eigenvalue weighted by atomic mass is 32.3. The molecule has 14 heteroatoms. The number of hydrogen-bond donors (Lipinski definition) is 1. The Morgan fingerprint density at radius 1 is 0.750 bits per heavy atom. The summed E-state index contributed by atoms with van der Waals surface area (Å²) in [6, 6.07) is 0. The molecule has 0 saturated carbocycles. The molecule has 20 heavy (non-hydrogen) atoms. The molecule has 0 aromatic carbocycles. The molecule has 0 aromatic rings. The van der Waals surface area contributed by atoms with E-state index in [9.17, 15) is 43.2 Å². The summed E-state index contributed by atoms with van der Waals surface area (Å²) < 4.78 is 109. The highest BCUT2D eigenvalue weighted by molar-refractivity contribution is 8.13. The van der Waals surface area contributed by atoms with Gasteiger partial charge in [-0.2, -0.15) is 26.3 Å². The van der Waals surface area contributed by atoms with E-state index in [-0.39, 0.29) is 0 Å². The summed E-state index contributed by atoms with van der Waals surface area (Å²) in [6.07, 6.45) is 8.00. The van der Waals surface area contributed by atoms with Crippen molar-refractivity contribution in [2.75, 3.05) is 0 Å². The maximum absolute atomic E-state index is 11.4. The van der Waals surface area contributed by atoms with E-state index in [0.29, 0.717) is 0 Å². The van der Waals surface area contributed by atoms with Crippen molar-refractivity contribution in [3.05, 3.63) is 28.7 Å². The number of halogens is 6. The van der Waals surface area contributed by atoms with Crippen LogP contribution in [-0.2, 0) is 20.0 Å². The first-order chi connectivity index (χ1) is 8.71. The maximum Gasteiger partial charge on any atom is 0.480 e. The Labute approximate surface area is 109 Å². The fraction of sp³-hybridized carbons (Fsp3) is 0.333. The zero-order chi connectivity index (χ0) is 16.2. The van der Waals surface area contributed by atoms with Crippen LogP contribution in [0.1, 0.15) is 0 Å². The second kappa shape index (κ2) is 6.11. The van der Waals surface area contributed by atoms with Crippen LogP contribution in [0.15, 0.2) is 24.6 Å². The first-order valence-corrected chi connectivity index (χ1v) is 7.12. The second-order valence-electron chi connectivity index (χ2n) is 2.88. The predicted octanol–water partition coefficient (Wildman–Crippen LogP) is 0.650. The zero-order valence-corrected chi connectivity index (χ0v) is 10.7. The Morgan fingerprint density at radius 3 is 1.20 bits per heavy atom. The molecule has 0 amide bonds. The molecule has 0 aromatic heterocycles. The lowest BCUT2D eigenvalue weighted by atomic mass is 10.6. The molecule has 1 heterocycles. The Kier molecular flexibility index (Phi) is 5.77. The van der Waals surface area contributed by atoms with E-state index in [2.05, 4.69) is 0 Å². The first kappa shape index (κ1) is 18.9. The number of nitrogens with zero attached hydrogens (tertiary/aromatic N) is 1. The lowest BCUT2D eigenvalue weighted by molar-refractivity contribution is -0.510. The minimum Gasteiger partial charge on any atom is -0.421 e. The van der Waals surface area contributed by atoms with E-state index in [1.54, 1.807) is 0 Å². The van der Waals surface area contributed by atoms with E-state index >= 15 is 0 Å². The van der Waals surface area contributed by atoms with Gasteiger partial charge < -0.3 is 4.13 Å². The number of allylic oxidation sites excluding steroid dienone is 2. The van der Waals surface area contributed by atoms with Crippen LogP contribution in [0.4, 0.5) is 26.3 Å². The number of nitrogens with two attached hydrogens (primary N) is 1. The minimum absolute atomic E-state index is 0.778. The molecule has 118 valence electrons. The van der Waals surface area contributed by atoms with Crippen LogP contribution in [0.5, 0.6) is 0 Å². The highest BCUT2D eigenvalue weighted by Crippen LogP contribution is 2.36. The lowest BCUT2D eigenvalue weighted by Gasteiger charge is -2.22. The zero-order valence-electron chi connectivity index (χ0n) is 9.05. The van der Waals surface area contributed by atoms with E-state index < -0.39 is 31.1 Å². The molecule has 6 nitrogen and oxygen atoms in total. The molecule has 0 radical (unpaired) electrons. The van der Waals surface area contributed by atoms with Gasteiger partial charge in [-0.3, -0.25) is 5.32 Å². The summed E-state index contributed by atoms with van der Waals surface area (Å²) in [6.45, 7) is 0. The number of hydrogen-bond acceptors (Lipinski definition) is 4. The van der Waals surface area contributed by atoms with Crippen LogP contribution in [0, 0.1) is 0 Å². The van der Waals surface area contributed by atoms with Crippen molar-refractivity contribution in [1.29, 1.82) is 0 Å². The van der Waals surface area contributed by atoms with E-state index in [1.165, 1.54) is 0 Å². The maximum atomic E-state index is 11.4. The van der Waals surface area contributed by atoms with Gasteiger partial charge in [-0.05, 0) is 12.2 Å². The van der Waals surface area contributed by atoms with Crippen molar-refractivity contribution in [3.8, 4) is 0 Å². The molecule has 0 fully saturated rings. The molecular weight excluding hydrogens is 342 g/mol. The third-order valence-electron chi connectivity index (χ3n) is 1.34. The standard InChI is InChI=1S/C4H5N.C2F6NO4S2/c1-2-4-5-3-1;3-1(4,5)14(10,11)9-15(12,13)2(6,7)8/h1-5H;/q;-1/p+1. The van der Waals surface area contributed by atoms with Gasteiger partial charge in [-0.1, -0.05) is 0 Å². The summed E-state index contributed by atoms with van der Waals surface area (Å²) in [4.78, 5) is 0. The minimum atomic E-state index is -6.72. The van der Waals surface area contributed by atoms with Gasteiger partial charge in [0.1, 0.15) is 0 Å². The molecular formula is C6H6F6N2O4S2. The Morgan fingerprint density at radius 2 is 1.05 bits per heavy atom. The molecule has 0 spiro atoms. The van der Waals surface area contributed by atoms with Gasteiger partial charge in [0.15, 0.2) is 20.0 Å². The van der Waals surface area contributed by atoms with Gasteiger partial charge in [-0.25, -0.2) is 16.8 Å². The number of alkyl halides is 6. The molecule has 0 aliphatic carbocycles. The van der Waals surface area contributed by atoms with Crippen molar-refractivity contribution in [1.82, 2.24) is 0 Å². The average molecular weight is 348 g/mol. The van der Waals surface area contributed by atoms with Gasteiger partial charge in [0.05, 0.1) is 12.4 Å². The van der Waals surface area contributed by atoms with Crippen molar-refractivity contribution < 1.29 is 48.5 Å². The van der Waals surface area contributed by atoms with Crippen LogP contribution >= 0.6 is 0 Å². The smallest absolute Gasteiger partial charge is 0.421 e. The Balaban J connectivity index is 0.000000595. The van der Waals surface area contributed by atoms with E-state index in [0.717, 1.165) is 4.13 Å². The largest absolute Gasteiger partial charge is 0.480 e. The highest BCUT2D eigenvalue weighted by Gasteiger charge is 2.46. The molecule has 0 saturated heterocycles. The van der Waals surface area contributed by atoms with E-state index in [4.69, 9.17) is 0 Å². The normalized spacial score (nSPS) is 15.9. The molecule has 1 aliphatic rings. The third kappa shape index (κ3) is 5.48. The third-order valence-corrected chi connectivity index (χ3v) is 4.08. The molecule has 0 atom stereocenters. The number of quaternary nitrogens is 1. The number of sulfonamides is 2. The monoisotopic (exact) mass is 348 g/mol. The first-order valence-electron chi connectivity index (χ1n) is 4.24. The van der Waals surface area contributed by atoms with Crippen LogP contribution < -0.4 is 5.32 Å². The Hall–Kier alpha value is -1.12. The van der Waals surface area contributed by atoms with Crippen LogP contribution in [0.2, 0.25) is 0 Å². The quantitative estimate of drug-likeness (QED) is 0.741. The van der Waals surface area contributed by atoms with Crippen molar-refractivity contribution in [2.45, 2.75) is 11.0 Å². The number of rotatable bonds is 2. The fourth-order valence-electron chi connectivity index (χ4n) is 0.534. The van der Waals surface area contributed by atoms with Crippen molar-refractivity contribution in [3.63, 3.8) is 0 Å². The van der Waals surface area contributed by atoms with Crippen LogP contribution in [0.25, 0.3) is 4.13 Å². The van der Waals surface area contributed by atoms with Gasteiger partial charge >= 0.3 is 11.0 Å². The predicted molar refractivity (Wildman–Crippen MR) is 53.5 cm³/mol. The van der Waals surface area contributed by atoms with Gasteiger partial charge in [0.25, 0.3) is 0 Å². The summed E-state index contributed by atoms with van der Waals surface area (Å²) in [5, 5.41) is 2.00. The summed E-state index contributed by atoms with van der Waals surface area (Å²) in [5.74, 6) is 0. The molecule has 1 rings (SSSR count). The average Bonchev–Trinajstić information content (AvgIpc) is 2.68. The molecule has 0 unspecified atom stereocenters. The summed E-state index contributed by atoms with van der Waals surface area (Å²) in [7, 11) is -13.4. The SMILES string of the molecule is C1=C[NH2+]C=C1.O=S(=O)([N-]S(=O)(=O)C(F)(F)F)C(F)(F)F. The second-order valence-corrected chi connectivity index (χ2v) is 6.30. The Bertz CT molecular complexity index is 534.